The van der Waals surface area contributed by atoms with E-state index in [0.29, 0.717) is 17.8 Å². The molecule has 138 valence electrons. The number of hydrogen-bond acceptors (Lipinski definition) is 7. The molecule has 0 saturated heterocycles. The molecular formula is C17H24N2O4S2. The van der Waals surface area contributed by atoms with Gasteiger partial charge in [-0.1, -0.05) is 38.4 Å². The van der Waals surface area contributed by atoms with Crippen LogP contribution in [0.2, 0.25) is 0 Å². The number of allylic oxidation sites excluding steroid dienone is 1. The third kappa shape index (κ3) is 5.22. The van der Waals surface area contributed by atoms with Gasteiger partial charge >= 0.3 is 10.1 Å². The first-order chi connectivity index (χ1) is 11.9. The maximum atomic E-state index is 12.7. The topological polar surface area (TPSA) is 85.7 Å². The second kappa shape index (κ2) is 8.71. The number of ketones is 1. The number of oxime groups is 1. The number of aromatic nitrogens is 1. The lowest BCUT2D eigenvalue weighted by Gasteiger charge is -2.08. The van der Waals surface area contributed by atoms with Gasteiger partial charge in [0.2, 0.25) is 0 Å². The fourth-order valence-electron chi connectivity index (χ4n) is 2.25. The highest BCUT2D eigenvalue weighted by Gasteiger charge is 2.26. The van der Waals surface area contributed by atoms with Crippen molar-refractivity contribution in [1.82, 2.24) is 4.98 Å². The Morgan fingerprint density at radius 2 is 2.20 bits per heavy atom. The third-order valence-corrected chi connectivity index (χ3v) is 6.19. The van der Waals surface area contributed by atoms with Gasteiger partial charge in [-0.05, 0) is 31.8 Å². The van der Waals surface area contributed by atoms with Crippen LogP contribution in [-0.4, -0.2) is 30.6 Å². The maximum absolute atomic E-state index is 12.7. The van der Waals surface area contributed by atoms with Crippen LogP contribution in [0, 0.1) is 5.92 Å². The minimum atomic E-state index is -3.79. The summed E-state index contributed by atoms with van der Waals surface area (Å²) in [6.45, 7) is 5.58. The van der Waals surface area contributed by atoms with Gasteiger partial charge in [0.1, 0.15) is 5.01 Å². The van der Waals surface area contributed by atoms with Gasteiger partial charge in [0.15, 0.2) is 11.5 Å². The molecule has 0 spiro atoms. The summed E-state index contributed by atoms with van der Waals surface area (Å²) >= 11 is 1.34. The van der Waals surface area contributed by atoms with Crippen molar-refractivity contribution < 1.29 is 17.5 Å². The van der Waals surface area contributed by atoms with Crippen molar-refractivity contribution in [3.63, 3.8) is 0 Å². The number of carbonyl (C=O) groups is 1. The largest absolute Gasteiger partial charge is 0.328 e. The molecular weight excluding hydrogens is 360 g/mol. The van der Waals surface area contributed by atoms with Crippen molar-refractivity contribution in [3.05, 3.63) is 21.7 Å². The van der Waals surface area contributed by atoms with Gasteiger partial charge in [0, 0.05) is 5.92 Å². The zero-order chi connectivity index (χ0) is 18.4. The van der Waals surface area contributed by atoms with Crippen molar-refractivity contribution in [2.75, 3.05) is 5.75 Å². The lowest BCUT2D eigenvalue weighted by atomic mass is 10.00. The standard InChI is InChI=1S/C17H24N2O4S2/c1-4-6-11-25(21,22)23-19-15(16(20)12(3)5-2)17-18-13-9-7-8-10-14(13)24-17/h8,10,12H,4-7,9,11H2,1-3H3/b19-15+. The number of thiazole rings is 1. The van der Waals surface area contributed by atoms with Crippen LogP contribution in [0.1, 0.15) is 62.0 Å². The number of nitrogens with zero attached hydrogens (tertiary/aromatic N) is 2. The molecule has 1 aliphatic carbocycles. The molecule has 1 aromatic rings. The maximum Gasteiger partial charge on any atom is 0.328 e. The second-order valence-corrected chi connectivity index (χ2v) is 8.78. The highest BCUT2D eigenvalue weighted by molar-refractivity contribution is 7.86. The van der Waals surface area contributed by atoms with Crippen molar-refractivity contribution in [2.45, 2.75) is 52.9 Å². The summed E-state index contributed by atoms with van der Waals surface area (Å²) in [7, 11) is -3.79. The molecule has 0 amide bonds. The number of unbranched alkanes of at least 4 members (excludes halogenated alkanes) is 1. The molecule has 1 aromatic heterocycles. The van der Waals surface area contributed by atoms with Crippen LogP contribution in [0.3, 0.4) is 0 Å². The average molecular weight is 385 g/mol. The monoisotopic (exact) mass is 384 g/mol. The Labute approximate surface area is 153 Å². The number of hydrogen-bond donors (Lipinski definition) is 0. The lowest BCUT2D eigenvalue weighted by molar-refractivity contribution is -0.116. The Hall–Kier alpha value is -1.54. The Morgan fingerprint density at radius 3 is 2.84 bits per heavy atom. The molecule has 0 aromatic carbocycles. The summed E-state index contributed by atoms with van der Waals surface area (Å²) < 4.78 is 28.6. The van der Waals surface area contributed by atoms with Crippen molar-refractivity contribution in [2.24, 2.45) is 11.1 Å². The Morgan fingerprint density at radius 1 is 1.44 bits per heavy atom. The van der Waals surface area contributed by atoms with E-state index in [1.807, 2.05) is 19.9 Å². The van der Waals surface area contributed by atoms with E-state index in [1.54, 1.807) is 6.92 Å². The minimum absolute atomic E-state index is 0.00206. The lowest BCUT2D eigenvalue weighted by Crippen LogP contribution is -2.23. The Kier molecular flexibility index (Phi) is 6.89. The molecule has 6 nitrogen and oxygen atoms in total. The molecule has 0 radical (unpaired) electrons. The summed E-state index contributed by atoms with van der Waals surface area (Å²) in [5.41, 5.74) is 0.920. The number of aryl methyl sites for hydroxylation is 1. The van der Waals surface area contributed by atoms with Crippen LogP contribution in [0.5, 0.6) is 0 Å². The first kappa shape index (κ1) is 19.8. The predicted octanol–water partition coefficient (Wildman–Crippen LogP) is 3.57. The molecule has 0 fully saturated rings. The van der Waals surface area contributed by atoms with Crippen molar-refractivity contribution in [3.8, 4) is 0 Å². The summed E-state index contributed by atoms with van der Waals surface area (Å²) in [5.74, 6) is -0.644. The van der Waals surface area contributed by atoms with Gasteiger partial charge in [-0.2, -0.15) is 8.42 Å². The van der Waals surface area contributed by atoms with Gasteiger partial charge in [0.05, 0.1) is 16.3 Å². The van der Waals surface area contributed by atoms with Gasteiger partial charge in [-0.25, -0.2) is 4.98 Å². The number of rotatable bonds is 9. The first-order valence-electron chi connectivity index (χ1n) is 8.58. The quantitative estimate of drug-likeness (QED) is 0.480. The zero-order valence-electron chi connectivity index (χ0n) is 14.8. The molecule has 1 unspecified atom stereocenters. The highest BCUT2D eigenvalue weighted by Crippen LogP contribution is 2.27. The third-order valence-electron chi connectivity index (χ3n) is 4.03. The molecule has 1 aliphatic rings. The van der Waals surface area contributed by atoms with Crippen molar-refractivity contribution >= 4 is 39.0 Å². The van der Waals surface area contributed by atoms with Gasteiger partial charge in [-0.3, -0.25) is 9.08 Å². The van der Waals surface area contributed by atoms with E-state index < -0.39 is 10.1 Å². The molecule has 25 heavy (non-hydrogen) atoms. The first-order valence-corrected chi connectivity index (χ1v) is 11.0. The predicted molar refractivity (Wildman–Crippen MR) is 100 cm³/mol. The zero-order valence-corrected chi connectivity index (χ0v) is 16.5. The summed E-state index contributed by atoms with van der Waals surface area (Å²) in [6, 6.07) is 0. The van der Waals surface area contributed by atoms with Gasteiger partial charge < -0.3 is 0 Å². The molecule has 0 aliphatic heterocycles. The van der Waals surface area contributed by atoms with Gasteiger partial charge in [-0.15, -0.1) is 11.3 Å². The molecule has 2 rings (SSSR count). The number of Topliss-reactive ketones (excluding diaryl/α,β-unsaturated/α-hetero) is 1. The Bertz CT molecular complexity index is 779. The average Bonchev–Trinajstić information content (AvgIpc) is 3.02. The summed E-state index contributed by atoms with van der Waals surface area (Å²) in [4.78, 5) is 18.1. The van der Waals surface area contributed by atoms with Crippen LogP contribution in [0.25, 0.3) is 6.08 Å². The number of fused-ring (bicyclic) bond motifs is 1. The van der Waals surface area contributed by atoms with E-state index in [0.717, 1.165) is 29.8 Å². The normalized spacial score (nSPS) is 15.7. The van der Waals surface area contributed by atoms with E-state index in [4.69, 9.17) is 4.28 Å². The molecule has 0 saturated carbocycles. The Balaban J connectivity index is 2.33. The van der Waals surface area contributed by atoms with Crippen LogP contribution >= 0.6 is 11.3 Å². The van der Waals surface area contributed by atoms with E-state index >= 15 is 0 Å². The van der Waals surface area contributed by atoms with E-state index in [-0.39, 0.29) is 23.2 Å². The second-order valence-electron chi connectivity index (χ2n) is 6.07. The van der Waals surface area contributed by atoms with E-state index in [9.17, 15) is 13.2 Å². The molecule has 8 heteroatoms. The highest BCUT2D eigenvalue weighted by atomic mass is 32.2. The SMILES string of the molecule is CCCCS(=O)(=O)O/N=C(\C(=O)C(C)CC)c1nc2c(s1)C=CCC2. The molecule has 1 atom stereocenters. The number of carbonyl (C=O) groups excluding carboxylic acids is 1. The van der Waals surface area contributed by atoms with Gasteiger partial charge in [0.25, 0.3) is 0 Å². The molecule has 0 bridgehead atoms. The van der Waals surface area contributed by atoms with Crippen LogP contribution in [-0.2, 0) is 25.6 Å². The van der Waals surface area contributed by atoms with Crippen LogP contribution < -0.4 is 0 Å². The fourth-order valence-corrected chi connectivity index (χ4v) is 4.18. The van der Waals surface area contributed by atoms with Crippen LogP contribution in [0.15, 0.2) is 11.2 Å². The van der Waals surface area contributed by atoms with Crippen LogP contribution in [0.4, 0.5) is 0 Å². The summed E-state index contributed by atoms with van der Waals surface area (Å²) in [5, 5.41) is 4.16. The minimum Gasteiger partial charge on any atom is -0.292 e. The summed E-state index contributed by atoms with van der Waals surface area (Å²) in [6.07, 6.45) is 7.60. The van der Waals surface area contributed by atoms with E-state index in [2.05, 4.69) is 16.2 Å². The molecule has 0 N–H and O–H groups in total. The fraction of sp³-hybridized carbons (Fsp3) is 0.588. The smallest absolute Gasteiger partial charge is 0.292 e. The van der Waals surface area contributed by atoms with Crippen molar-refractivity contribution in [1.29, 1.82) is 0 Å². The molecule has 1 heterocycles. The van der Waals surface area contributed by atoms with E-state index in [1.165, 1.54) is 11.3 Å².